The molecule has 1 amide bonds. The van der Waals surface area contributed by atoms with E-state index in [9.17, 15) is 18.0 Å². The lowest BCUT2D eigenvalue weighted by Crippen LogP contribution is -2.33. The van der Waals surface area contributed by atoms with Crippen LogP contribution in [0.4, 0.5) is 19.0 Å². The van der Waals surface area contributed by atoms with E-state index in [0.29, 0.717) is 11.5 Å². The summed E-state index contributed by atoms with van der Waals surface area (Å²) in [6, 6.07) is 7.46. The lowest BCUT2D eigenvalue weighted by molar-refractivity contribution is -0.137. The van der Waals surface area contributed by atoms with Crippen LogP contribution in [0.25, 0.3) is 6.08 Å². The molecule has 0 unspecified atom stereocenters. The smallest absolute Gasteiger partial charge is 0.419 e. The third-order valence-electron chi connectivity index (χ3n) is 3.76. The Morgan fingerprint density at radius 3 is 2.69 bits per heavy atom. The number of carbonyl (C=O) groups excluding carboxylic acids is 1. The van der Waals surface area contributed by atoms with Crippen molar-refractivity contribution < 1.29 is 27.4 Å². The van der Waals surface area contributed by atoms with Crippen molar-refractivity contribution in [1.29, 1.82) is 0 Å². The molecule has 29 heavy (non-hydrogen) atoms. The molecule has 0 atom stereocenters. The number of alkyl halides is 3. The van der Waals surface area contributed by atoms with E-state index in [4.69, 9.17) is 9.47 Å². The summed E-state index contributed by atoms with van der Waals surface area (Å²) in [6.45, 7) is 1.82. The Balaban J connectivity index is 1.80. The first-order valence-corrected chi connectivity index (χ1v) is 8.81. The van der Waals surface area contributed by atoms with Gasteiger partial charge < -0.3 is 20.1 Å². The largest absolute Gasteiger partial charge is 0.493 e. The van der Waals surface area contributed by atoms with E-state index in [1.54, 1.807) is 12.1 Å². The van der Waals surface area contributed by atoms with Gasteiger partial charge in [-0.05, 0) is 36.8 Å². The van der Waals surface area contributed by atoms with E-state index in [0.717, 1.165) is 11.6 Å². The molecule has 0 radical (unpaired) electrons. The average molecular weight is 409 g/mol. The maximum Gasteiger partial charge on any atom is 0.419 e. The highest BCUT2D eigenvalue weighted by atomic mass is 19.4. The number of methoxy groups -OCH3 is 1. The second-order valence-electron chi connectivity index (χ2n) is 5.87. The Kier molecular flexibility index (Phi) is 7.88. The Bertz CT molecular complexity index is 854. The predicted molar refractivity (Wildman–Crippen MR) is 104 cm³/mol. The summed E-state index contributed by atoms with van der Waals surface area (Å²) in [7, 11) is 1.50. The van der Waals surface area contributed by atoms with Crippen LogP contribution in [0.1, 0.15) is 18.1 Å². The van der Waals surface area contributed by atoms with E-state index in [1.165, 1.54) is 19.4 Å². The van der Waals surface area contributed by atoms with Crippen molar-refractivity contribution >= 4 is 17.8 Å². The monoisotopic (exact) mass is 409 g/mol. The van der Waals surface area contributed by atoms with Crippen molar-refractivity contribution in [2.24, 2.45) is 0 Å². The van der Waals surface area contributed by atoms with Crippen LogP contribution in [-0.2, 0) is 11.0 Å². The molecule has 0 saturated carbocycles. The Morgan fingerprint density at radius 2 is 2.00 bits per heavy atom. The lowest BCUT2D eigenvalue weighted by atomic mass is 10.2. The summed E-state index contributed by atoms with van der Waals surface area (Å²) in [4.78, 5) is 15.6. The molecule has 0 bridgehead atoms. The minimum atomic E-state index is -4.50. The van der Waals surface area contributed by atoms with Gasteiger partial charge in [0.15, 0.2) is 18.1 Å². The molecule has 1 aromatic carbocycles. The number of rotatable bonds is 9. The molecule has 156 valence electrons. The fourth-order valence-corrected chi connectivity index (χ4v) is 2.45. The number of anilines is 1. The van der Waals surface area contributed by atoms with Crippen LogP contribution in [0.15, 0.2) is 42.6 Å². The Morgan fingerprint density at radius 1 is 1.21 bits per heavy atom. The van der Waals surface area contributed by atoms with Crippen molar-refractivity contribution in [3.63, 3.8) is 0 Å². The standard InChI is InChI=1S/C20H22F3N3O3/c1-3-5-14-7-8-16(17(12-14)28-2)29-13-18(27)24-10-11-26-19-15(20(21,22)23)6-4-9-25-19/h3-9,12H,10-11,13H2,1-2H3,(H,24,27)(H,25,26)/b5-3+. The molecule has 2 N–H and O–H groups in total. The molecular formula is C20H22F3N3O3. The molecule has 6 nitrogen and oxygen atoms in total. The van der Waals surface area contributed by atoms with Gasteiger partial charge in [-0.2, -0.15) is 13.2 Å². The van der Waals surface area contributed by atoms with Crippen LogP contribution in [0, 0.1) is 0 Å². The summed E-state index contributed by atoms with van der Waals surface area (Å²) < 4.78 is 49.4. The first kappa shape index (κ1) is 22.1. The third kappa shape index (κ3) is 6.70. The highest BCUT2D eigenvalue weighted by molar-refractivity contribution is 5.77. The topological polar surface area (TPSA) is 72.5 Å². The van der Waals surface area contributed by atoms with Gasteiger partial charge in [0, 0.05) is 19.3 Å². The van der Waals surface area contributed by atoms with Gasteiger partial charge in [-0.25, -0.2) is 4.98 Å². The van der Waals surface area contributed by atoms with Gasteiger partial charge in [0.1, 0.15) is 5.82 Å². The molecule has 0 aliphatic carbocycles. The lowest BCUT2D eigenvalue weighted by Gasteiger charge is -2.14. The van der Waals surface area contributed by atoms with Gasteiger partial charge in [-0.3, -0.25) is 4.79 Å². The quantitative estimate of drug-likeness (QED) is 0.618. The van der Waals surface area contributed by atoms with E-state index < -0.39 is 17.6 Å². The maximum atomic E-state index is 12.9. The fraction of sp³-hybridized carbons (Fsp3) is 0.300. The maximum absolute atomic E-state index is 12.9. The van der Waals surface area contributed by atoms with Crippen LogP contribution >= 0.6 is 0 Å². The minimum Gasteiger partial charge on any atom is -0.493 e. The molecule has 0 saturated heterocycles. The van der Waals surface area contributed by atoms with Crippen molar-refractivity contribution in [3.8, 4) is 11.5 Å². The number of hydrogen-bond acceptors (Lipinski definition) is 5. The number of nitrogens with one attached hydrogen (secondary N) is 2. The third-order valence-corrected chi connectivity index (χ3v) is 3.76. The van der Waals surface area contributed by atoms with Crippen molar-refractivity contribution in [2.75, 3.05) is 32.1 Å². The predicted octanol–water partition coefficient (Wildman–Crippen LogP) is 3.75. The van der Waals surface area contributed by atoms with Gasteiger partial charge in [0.2, 0.25) is 0 Å². The molecule has 2 aromatic rings. The highest BCUT2D eigenvalue weighted by Gasteiger charge is 2.33. The number of halogens is 3. The summed E-state index contributed by atoms with van der Waals surface area (Å²) in [5.41, 5.74) is 0.0723. The van der Waals surface area contributed by atoms with E-state index in [2.05, 4.69) is 15.6 Å². The number of hydrogen-bond donors (Lipinski definition) is 2. The molecule has 0 aliphatic rings. The number of carbonyl (C=O) groups is 1. The normalized spacial score (nSPS) is 11.3. The number of nitrogens with zero attached hydrogens (tertiary/aromatic N) is 1. The van der Waals surface area contributed by atoms with Gasteiger partial charge >= 0.3 is 6.18 Å². The average Bonchev–Trinajstić information content (AvgIpc) is 2.70. The first-order chi connectivity index (χ1) is 13.8. The zero-order chi connectivity index (χ0) is 21.3. The minimum absolute atomic E-state index is 0.0766. The summed E-state index contributed by atoms with van der Waals surface area (Å²) in [6.07, 6.45) is 0.547. The highest BCUT2D eigenvalue weighted by Crippen LogP contribution is 2.33. The van der Waals surface area contributed by atoms with Gasteiger partial charge in [0.25, 0.3) is 5.91 Å². The second-order valence-corrected chi connectivity index (χ2v) is 5.87. The zero-order valence-electron chi connectivity index (χ0n) is 16.0. The van der Waals surface area contributed by atoms with E-state index in [-0.39, 0.29) is 25.5 Å². The molecule has 9 heteroatoms. The molecule has 0 spiro atoms. The van der Waals surface area contributed by atoms with Crippen LogP contribution in [0.2, 0.25) is 0 Å². The molecule has 0 aliphatic heterocycles. The first-order valence-electron chi connectivity index (χ1n) is 8.81. The van der Waals surface area contributed by atoms with Crippen LogP contribution in [0.3, 0.4) is 0 Å². The number of ether oxygens (including phenoxy) is 2. The second kappa shape index (κ2) is 10.4. The fourth-order valence-electron chi connectivity index (χ4n) is 2.45. The van der Waals surface area contributed by atoms with Crippen molar-refractivity contribution in [3.05, 3.63) is 53.7 Å². The number of aromatic nitrogens is 1. The summed E-state index contributed by atoms with van der Waals surface area (Å²) in [5, 5.41) is 5.14. The number of benzene rings is 1. The zero-order valence-corrected chi connectivity index (χ0v) is 16.0. The van der Waals surface area contributed by atoms with E-state index >= 15 is 0 Å². The molecular weight excluding hydrogens is 387 g/mol. The SMILES string of the molecule is C/C=C/c1ccc(OCC(=O)NCCNc2ncccc2C(F)(F)F)c(OC)c1. The van der Waals surface area contributed by atoms with Crippen molar-refractivity contribution in [1.82, 2.24) is 10.3 Å². The van der Waals surface area contributed by atoms with Crippen LogP contribution in [-0.4, -0.2) is 37.7 Å². The summed E-state index contributed by atoms with van der Waals surface area (Å²) in [5.74, 6) is 0.210. The molecule has 1 aromatic heterocycles. The van der Waals surface area contributed by atoms with Crippen molar-refractivity contribution in [2.45, 2.75) is 13.1 Å². The molecule has 0 fully saturated rings. The van der Waals surface area contributed by atoms with Gasteiger partial charge in [0.05, 0.1) is 12.7 Å². The van der Waals surface area contributed by atoms with Gasteiger partial charge in [-0.1, -0.05) is 18.2 Å². The number of pyridine rings is 1. The number of allylic oxidation sites excluding steroid dienone is 1. The Hall–Kier alpha value is -3.23. The Labute approximate surface area is 166 Å². The van der Waals surface area contributed by atoms with E-state index in [1.807, 2.05) is 25.1 Å². The summed E-state index contributed by atoms with van der Waals surface area (Å²) >= 11 is 0. The van der Waals surface area contributed by atoms with Crippen LogP contribution < -0.4 is 20.1 Å². The molecule has 2 rings (SSSR count). The van der Waals surface area contributed by atoms with Crippen LogP contribution in [0.5, 0.6) is 11.5 Å². The number of amides is 1. The van der Waals surface area contributed by atoms with Gasteiger partial charge in [-0.15, -0.1) is 0 Å². The molecule has 1 heterocycles.